The van der Waals surface area contributed by atoms with Gasteiger partial charge in [-0.2, -0.15) is 0 Å². The zero-order valence-corrected chi connectivity index (χ0v) is 6.75. The fraction of sp³-hybridized carbons (Fsp3) is 0.700. The highest BCUT2D eigenvalue weighted by Gasteiger charge is 2.29. The Hall–Kier alpha value is -0.590. The Bertz CT molecular complexity index is 187. The van der Waals surface area contributed by atoms with E-state index in [1.165, 1.54) is 25.7 Å². The minimum Gasteiger partial charge on any atom is -0.299 e. The quantitative estimate of drug-likeness (QED) is 0.524. The van der Waals surface area contributed by atoms with Crippen molar-refractivity contribution < 1.29 is 4.79 Å². The first-order valence-electron chi connectivity index (χ1n) is 4.57. The topological polar surface area (TPSA) is 17.1 Å². The van der Waals surface area contributed by atoms with Crippen LogP contribution in [0.5, 0.6) is 0 Å². The lowest BCUT2D eigenvalue weighted by molar-refractivity contribution is -0.121. The zero-order valence-electron chi connectivity index (χ0n) is 6.75. The van der Waals surface area contributed by atoms with Crippen molar-refractivity contribution in [3.8, 4) is 0 Å². The van der Waals surface area contributed by atoms with E-state index in [2.05, 4.69) is 6.08 Å². The average Bonchev–Trinajstić information content (AvgIpc) is 2.55. The predicted molar refractivity (Wildman–Crippen MR) is 44.2 cm³/mol. The number of Topliss-reactive ketones (excluding diaryl/α,β-unsaturated/α-hetero) is 1. The average molecular weight is 150 g/mol. The smallest absolute Gasteiger partial charge is 0.143 e. The van der Waals surface area contributed by atoms with Crippen LogP contribution in [0.3, 0.4) is 0 Å². The van der Waals surface area contributed by atoms with Gasteiger partial charge in [-0.05, 0) is 18.8 Å². The minimum absolute atomic E-state index is 0.303. The van der Waals surface area contributed by atoms with Crippen LogP contribution in [0.25, 0.3) is 0 Å². The number of carbonyl (C=O) groups is 1. The maximum atomic E-state index is 11.3. The molecule has 11 heavy (non-hydrogen) atoms. The number of rotatable bonds is 1. The summed E-state index contributed by atoms with van der Waals surface area (Å²) in [6.07, 6.45) is 10.1. The molecular formula is C10H14O. The first-order valence-corrected chi connectivity index (χ1v) is 4.57. The summed E-state index contributed by atoms with van der Waals surface area (Å²) in [7, 11) is 0. The van der Waals surface area contributed by atoms with Gasteiger partial charge in [0.25, 0.3) is 0 Å². The molecule has 0 heterocycles. The second-order valence-corrected chi connectivity index (χ2v) is 3.67. The summed E-state index contributed by atoms with van der Waals surface area (Å²) in [6, 6.07) is 0. The predicted octanol–water partition coefficient (Wildman–Crippen LogP) is 2.32. The van der Waals surface area contributed by atoms with Crippen LogP contribution in [-0.2, 0) is 4.79 Å². The molecule has 0 saturated heterocycles. The third-order valence-corrected chi connectivity index (χ3v) is 2.94. The van der Waals surface area contributed by atoms with E-state index in [-0.39, 0.29) is 0 Å². The van der Waals surface area contributed by atoms with Gasteiger partial charge in [0.05, 0.1) is 0 Å². The fourth-order valence-corrected chi connectivity index (χ4v) is 2.31. The molecule has 0 aromatic carbocycles. The molecule has 1 saturated carbocycles. The van der Waals surface area contributed by atoms with Gasteiger partial charge in [-0.25, -0.2) is 0 Å². The Morgan fingerprint density at radius 1 is 1.27 bits per heavy atom. The molecular weight excluding hydrogens is 136 g/mol. The molecule has 2 aliphatic rings. The first kappa shape index (κ1) is 7.08. The van der Waals surface area contributed by atoms with Crippen molar-refractivity contribution in [2.24, 2.45) is 11.8 Å². The van der Waals surface area contributed by atoms with Crippen LogP contribution in [0.1, 0.15) is 32.1 Å². The molecule has 0 amide bonds. The molecule has 1 fully saturated rings. The first-order chi connectivity index (χ1) is 5.38. The molecule has 1 nitrogen and oxygen atoms in total. The number of ketones is 1. The SMILES string of the molecule is O=C1CC=CC1C1CCCC1. The fourth-order valence-electron chi connectivity index (χ4n) is 2.31. The lowest BCUT2D eigenvalue weighted by Gasteiger charge is -2.13. The summed E-state index contributed by atoms with van der Waals surface area (Å²) in [4.78, 5) is 11.3. The summed E-state index contributed by atoms with van der Waals surface area (Å²) in [5.74, 6) is 1.45. The second-order valence-electron chi connectivity index (χ2n) is 3.67. The van der Waals surface area contributed by atoms with Gasteiger partial charge in [0.2, 0.25) is 0 Å². The monoisotopic (exact) mass is 150 g/mol. The van der Waals surface area contributed by atoms with E-state index >= 15 is 0 Å². The molecule has 1 atom stereocenters. The molecule has 0 aromatic heterocycles. The van der Waals surface area contributed by atoms with Crippen LogP contribution in [0.4, 0.5) is 0 Å². The van der Waals surface area contributed by atoms with E-state index in [1.807, 2.05) is 6.08 Å². The summed E-state index contributed by atoms with van der Waals surface area (Å²) < 4.78 is 0. The van der Waals surface area contributed by atoms with E-state index < -0.39 is 0 Å². The lowest BCUT2D eigenvalue weighted by Crippen LogP contribution is -2.15. The summed E-state index contributed by atoms with van der Waals surface area (Å²) in [6.45, 7) is 0. The third-order valence-electron chi connectivity index (χ3n) is 2.94. The van der Waals surface area contributed by atoms with E-state index in [0.29, 0.717) is 24.0 Å². The molecule has 2 aliphatic carbocycles. The number of hydrogen-bond donors (Lipinski definition) is 0. The number of carbonyl (C=O) groups excluding carboxylic acids is 1. The van der Waals surface area contributed by atoms with Gasteiger partial charge in [0.1, 0.15) is 5.78 Å². The Morgan fingerprint density at radius 2 is 2.00 bits per heavy atom. The van der Waals surface area contributed by atoms with Crippen molar-refractivity contribution in [3.05, 3.63) is 12.2 Å². The van der Waals surface area contributed by atoms with Gasteiger partial charge < -0.3 is 0 Å². The van der Waals surface area contributed by atoms with Crippen molar-refractivity contribution in [1.82, 2.24) is 0 Å². The highest BCUT2D eigenvalue weighted by atomic mass is 16.1. The third kappa shape index (κ3) is 1.24. The van der Waals surface area contributed by atoms with Gasteiger partial charge in [-0.3, -0.25) is 4.79 Å². The van der Waals surface area contributed by atoms with Gasteiger partial charge in [-0.1, -0.05) is 25.0 Å². The second kappa shape index (κ2) is 2.80. The maximum Gasteiger partial charge on any atom is 0.143 e. The highest BCUT2D eigenvalue weighted by Crippen LogP contribution is 2.35. The van der Waals surface area contributed by atoms with Crippen molar-refractivity contribution >= 4 is 5.78 Å². The Labute approximate surface area is 67.5 Å². The van der Waals surface area contributed by atoms with Crippen molar-refractivity contribution in [3.63, 3.8) is 0 Å². The molecule has 1 heteroatoms. The number of hydrogen-bond acceptors (Lipinski definition) is 1. The normalized spacial score (nSPS) is 32.0. The Balaban J connectivity index is 2.02. The largest absolute Gasteiger partial charge is 0.299 e. The Morgan fingerprint density at radius 3 is 2.55 bits per heavy atom. The molecule has 0 aromatic rings. The van der Waals surface area contributed by atoms with E-state index in [0.717, 1.165) is 0 Å². The highest BCUT2D eigenvalue weighted by molar-refractivity contribution is 5.86. The van der Waals surface area contributed by atoms with E-state index in [1.54, 1.807) is 0 Å². The van der Waals surface area contributed by atoms with Crippen LogP contribution in [0.2, 0.25) is 0 Å². The summed E-state index contributed by atoms with van der Waals surface area (Å²) in [5.41, 5.74) is 0. The van der Waals surface area contributed by atoms with Gasteiger partial charge in [0, 0.05) is 12.3 Å². The number of allylic oxidation sites excluding steroid dienone is 2. The molecule has 0 radical (unpaired) electrons. The van der Waals surface area contributed by atoms with Crippen LogP contribution < -0.4 is 0 Å². The molecule has 2 rings (SSSR count). The summed E-state index contributed by atoms with van der Waals surface area (Å²) in [5, 5.41) is 0. The molecule has 60 valence electrons. The molecule has 0 bridgehead atoms. The Kier molecular flexibility index (Phi) is 1.80. The molecule has 0 N–H and O–H groups in total. The van der Waals surface area contributed by atoms with Crippen LogP contribution in [0, 0.1) is 11.8 Å². The van der Waals surface area contributed by atoms with Gasteiger partial charge in [0.15, 0.2) is 0 Å². The van der Waals surface area contributed by atoms with Crippen molar-refractivity contribution in [2.45, 2.75) is 32.1 Å². The maximum absolute atomic E-state index is 11.3. The van der Waals surface area contributed by atoms with Crippen LogP contribution in [0.15, 0.2) is 12.2 Å². The van der Waals surface area contributed by atoms with Crippen LogP contribution in [-0.4, -0.2) is 5.78 Å². The zero-order chi connectivity index (χ0) is 7.68. The van der Waals surface area contributed by atoms with Crippen molar-refractivity contribution in [1.29, 1.82) is 0 Å². The van der Waals surface area contributed by atoms with Gasteiger partial charge in [-0.15, -0.1) is 0 Å². The van der Waals surface area contributed by atoms with Crippen LogP contribution >= 0.6 is 0 Å². The van der Waals surface area contributed by atoms with Crippen molar-refractivity contribution in [2.75, 3.05) is 0 Å². The molecule has 0 aliphatic heterocycles. The minimum atomic E-state index is 0.303. The van der Waals surface area contributed by atoms with E-state index in [9.17, 15) is 4.79 Å². The van der Waals surface area contributed by atoms with E-state index in [4.69, 9.17) is 0 Å². The standard InChI is InChI=1S/C10H14O/c11-10-7-3-6-9(10)8-4-1-2-5-8/h3,6,8-9H,1-2,4-5,7H2. The summed E-state index contributed by atoms with van der Waals surface area (Å²) >= 11 is 0. The molecule has 1 unspecified atom stereocenters. The van der Waals surface area contributed by atoms with Gasteiger partial charge >= 0.3 is 0 Å². The lowest BCUT2D eigenvalue weighted by atomic mass is 9.90. The molecule has 0 spiro atoms.